The molecule has 1 N–H and O–H groups in total. The van der Waals surface area contributed by atoms with E-state index in [4.69, 9.17) is 0 Å². The third-order valence-electron chi connectivity index (χ3n) is 4.28. The number of para-hydroxylation sites is 1. The summed E-state index contributed by atoms with van der Waals surface area (Å²) in [6.45, 7) is 1.95. The van der Waals surface area contributed by atoms with Gasteiger partial charge in [-0.05, 0) is 24.6 Å². The van der Waals surface area contributed by atoms with Crippen LogP contribution < -0.4 is 0 Å². The van der Waals surface area contributed by atoms with Crippen LogP contribution in [-0.2, 0) is 0 Å². The van der Waals surface area contributed by atoms with Crippen molar-refractivity contribution in [3.05, 3.63) is 53.8 Å². The Labute approximate surface area is 143 Å². The molecule has 1 fully saturated rings. The summed E-state index contributed by atoms with van der Waals surface area (Å²) in [5.41, 5.74) is 2.45. The summed E-state index contributed by atoms with van der Waals surface area (Å²) in [5.74, 6) is 1.36. The largest absolute Gasteiger partial charge is 0.493 e. The average molecular weight is 341 g/mol. The molecule has 0 unspecified atom stereocenters. The predicted molar refractivity (Wildman–Crippen MR) is 95.3 cm³/mol. The zero-order valence-electron chi connectivity index (χ0n) is 13.1. The van der Waals surface area contributed by atoms with E-state index in [1.165, 1.54) is 6.07 Å². The first-order valence-corrected chi connectivity index (χ1v) is 8.89. The van der Waals surface area contributed by atoms with Crippen molar-refractivity contribution >= 4 is 34.0 Å². The number of halogens is 1. The molecular weight excluding hydrogens is 325 g/mol. The molecule has 0 aliphatic carbocycles. The molecule has 2 heterocycles. The van der Waals surface area contributed by atoms with E-state index in [0.29, 0.717) is 16.6 Å². The number of azo groups is 1. The molecule has 0 radical (unpaired) electrons. The van der Waals surface area contributed by atoms with Crippen LogP contribution in [0.4, 0.5) is 15.8 Å². The summed E-state index contributed by atoms with van der Waals surface area (Å²) in [7, 11) is 0. The highest BCUT2D eigenvalue weighted by Crippen LogP contribution is 2.45. The van der Waals surface area contributed by atoms with Crippen molar-refractivity contribution in [2.45, 2.75) is 13.0 Å². The Hall–Kier alpha value is -2.34. The lowest BCUT2D eigenvalue weighted by Gasteiger charge is -2.27. The van der Waals surface area contributed by atoms with Gasteiger partial charge in [-0.1, -0.05) is 30.3 Å². The lowest BCUT2D eigenvalue weighted by atomic mass is 10.2. The minimum absolute atomic E-state index is 0.0160. The molecule has 1 aromatic heterocycles. The van der Waals surface area contributed by atoms with Crippen molar-refractivity contribution in [2.75, 3.05) is 11.5 Å². The first-order valence-electron chi connectivity index (χ1n) is 7.73. The van der Waals surface area contributed by atoms with Gasteiger partial charge in [0.15, 0.2) is 5.69 Å². The van der Waals surface area contributed by atoms with Gasteiger partial charge in [0.2, 0.25) is 5.88 Å². The number of aromatic hydroxyl groups is 1. The summed E-state index contributed by atoms with van der Waals surface area (Å²) in [4.78, 5) is 0. The number of benzene rings is 2. The normalized spacial score (nSPS) is 15.2. The van der Waals surface area contributed by atoms with Crippen LogP contribution in [0.1, 0.15) is 11.6 Å². The number of rotatable bonds is 3. The maximum atomic E-state index is 14.4. The minimum Gasteiger partial charge on any atom is -0.493 e. The Morgan fingerprint density at radius 2 is 1.92 bits per heavy atom. The van der Waals surface area contributed by atoms with Crippen LogP contribution in [0.2, 0.25) is 0 Å². The van der Waals surface area contributed by atoms with Crippen molar-refractivity contribution < 1.29 is 9.50 Å². The smallest absolute Gasteiger partial charge is 0.221 e. The number of hydrogen-bond donors (Lipinski definition) is 1. The van der Waals surface area contributed by atoms with E-state index in [-0.39, 0.29) is 17.7 Å². The maximum Gasteiger partial charge on any atom is 0.221 e. The van der Waals surface area contributed by atoms with Crippen molar-refractivity contribution in [2.24, 2.45) is 10.2 Å². The number of thioether (sulfide) groups is 1. The molecule has 0 spiro atoms. The standard InChI is InChI=1S/C18H16FN3OS/c1-11-5-2-3-8-15(11)20-21-16-13-6-4-7-14(19)17(13)22(18(16)23)12-9-24-10-12/h2-8,12,23H,9-10H2,1H3. The van der Waals surface area contributed by atoms with Gasteiger partial charge in [0.25, 0.3) is 0 Å². The first-order chi connectivity index (χ1) is 11.7. The van der Waals surface area contributed by atoms with Crippen LogP contribution in [0.25, 0.3) is 10.9 Å². The van der Waals surface area contributed by atoms with Gasteiger partial charge in [0, 0.05) is 16.9 Å². The third kappa shape index (κ3) is 2.38. The number of fused-ring (bicyclic) bond motifs is 1. The van der Waals surface area contributed by atoms with Crippen LogP contribution in [0, 0.1) is 12.7 Å². The van der Waals surface area contributed by atoms with Gasteiger partial charge < -0.3 is 9.67 Å². The monoisotopic (exact) mass is 341 g/mol. The second-order valence-corrected chi connectivity index (χ2v) is 6.93. The zero-order chi connectivity index (χ0) is 16.7. The zero-order valence-corrected chi connectivity index (χ0v) is 13.9. The molecule has 4 rings (SSSR count). The topological polar surface area (TPSA) is 49.9 Å². The van der Waals surface area contributed by atoms with Crippen LogP contribution in [0.15, 0.2) is 52.7 Å². The minimum atomic E-state index is -0.350. The fraction of sp³-hybridized carbons (Fsp3) is 0.222. The van der Waals surface area contributed by atoms with E-state index in [2.05, 4.69) is 10.2 Å². The number of hydrogen-bond acceptors (Lipinski definition) is 4. The second-order valence-electron chi connectivity index (χ2n) is 5.86. The van der Waals surface area contributed by atoms with E-state index in [9.17, 15) is 9.50 Å². The van der Waals surface area contributed by atoms with Gasteiger partial charge in [-0.25, -0.2) is 4.39 Å². The van der Waals surface area contributed by atoms with Gasteiger partial charge in [-0.3, -0.25) is 0 Å². The maximum absolute atomic E-state index is 14.4. The lowest BCUT2D eigenvalue weighted by molar-refractivity contribution is 0.404. The van der Waals surface area contributed by atoms with Crippen LogP contribution >= 0.6 is 11.8 Å². The third-order valence-corrected chi connectivity index (χ3v) is 5.52. The van der Waals surface area contributed by atoms with Gasteiger partial charge in [0.1, 0.15) is 5.82 Å². The molecule has 24 heavy (non-hydrogen) atoms. The Morgan fingerprint density at radius 1 is 1.12 bits per heavy atom. The summed E-state index contributed by atoms with van der Waals surface area (Å²) in [6.07, 6.45) is 0. The Morgan fingerprint density at radius 3 is 2.62 bits per heavy atom. The molecule has 1 saturated heterocycles. The molecule has 0 saturated carbocycles. The van der Waals surface area contributed by atoms with E-state index >= 15 is 0 Å². The predicted octanol–water partition coefficient (Wildman–Crippen LogP) is 5.50. The van der Waals surface area contributed by atoms with Crippen LogP contribution in [0.3, 0.4) is 0 Å². The highest BCUT2D eigenvalue weighted by Gasteiger charge is 2.28. The molecule has 0 amide bonds. The Bertz CT molecular complexity index is 947. The van der Waals surface area contributed by atoms with Gasteiger partial charge in [0.05, 0.1) is 17.2 Å². The Balaban J connectivity index is 1.88. The molecule has 122 valence electrons. The van der Waals surface area contributed by atoms with E-state index < -0.39 is 0 Å². The average Bonchev–Trinajstić information content (AvgIpc) is 2.79. The molecule has 0 bridgehead atoms. The molecule has 4 nitrogen and oxygen atoms in total. The van der Waals surface area contributed by atoms with Crippen molar-refractivity contribution in [3.8, 4) is 5.88 Å². The van der Waals surface area contributed by atoms with E-state index in [1.807, 2.05) is 31.2 Å². The van der Waals surface area contributed by atoms with Crippen molar-refractivity contribution in [1.82, 2.24) is 4.57 Å². The van der Waals surface area contributed by atoms with Gasteiger partial charge >= 0.3 is 0 Å². The first kappa shape index (κ1) is 15.2. The van der Waals surface area contributed by atoms with Gasteiger partial charge in [-0.15, -0.1) is 5.11 Å². The quantitative estimate of drug-likeness (QED) is 0.640. The summed E-state index contributed by atoms with van der Waals surface area (Å²) < 4.78 is 16.0. The highest BCUT2D eigenvalue weighted by atomic mass is 32.2. The van der Waals surface area contributed by atoms with E-state index in [1.54, 1.807) is 28.5 Å². The number of aromatic nitrogens is 1. The van der Waals surface area contributed by atoms with E-state index in [0.717, 1.165) is 22.8 Å². The number of nitrogens with zero attached hydrogens (tertiary/aromatic N) is 3. The fourth-order valence-electron chi connectivity index (χ4n) is 2.90. The highest BCUT2D eigenvalue weighted by molar-refractivity contribution is 8.00. The second kappa shape index (κ2) is 5.94. The molecule has 3 aromatic rings. The lowest BCUT2D eigenvalue weighted by Crippen LogP contribution is -2.22. The molecule has 1 aliphatic rings. The van der Waals surface area contributed by atoms with Crippen LogP contribution in [-0.4, -0.2) is 21.2 Å². The summed E-state index contributed by atoms with van der Waals surface area (Å²) >= 11 is 1.78. The summed E-state index contributed by atoms with van der Waals surface area (Å²) in [6, 6.07) is 12.5. The summed E-state index contributed by atoms with van der Waals surface area (Å²) in [5, 5.41) is 19.7. The molecule has 1 aliphatic heterocycles. The van der Waals surface area contributed by atoms with Gasteiger partial charge in [-0.2, -0.15) is 16.9 Å². The van der Waals surface area contributed by atoms with Crippen molar-refractivity contribution in [3.63, 3.8) is 0 Å². The molecule has 6 heteroatoms. The van der Waals surface area contributed by atoms with Crippen molar-refractivity contribution in [1.29, 1.82) is 0 Å². The molecule has 0 atom stereocenters. The molecule has 2 aromatic carbocycles. The molecular formula is C18H16FN3OS. The number of aryl methyl sites for hydroxylation is 1. The van der Waals surface area contributed by atoms with Crippen LogP contribution in [0.5, 0.6) is 5.88 Å². The SMILES string of the molecule is Cc1ccccc1N=Nc1c(O)n(C2CSC2)c2c(F)cccc12. The Kier molecular flexibility index (Phi) is 3.76. The fourth-order valence-corrected chi connectivity index (χ4v) is 3.64.